The van der Waals surface area contributed by atoms with E-state index in [1.807, 2.05) is 30.3 Å². The van der Waals surface area contributed by atoms with Crippen molar-refractivity contribution < 1.29 is 14.3 Å². The molecule has 6 heteroatoms. The lowest BCUT2D eigenvalue weighted by Gasteiger charge is -2.07. The molecule has 0 spiro atoms. The van der Waals surface area contributed by atoms with Gasteiger partial charge in [0.2, 0.25) is 0 Å². The molecule has 0 unspecified atom stereocenters. The summed E-state index contributed by atoms with van der Waals surface area (Å²) >= 11 is 0. The number of carbonyl (C=O) groups is 1. The summed E-state index contributed by atoms with van der Waals surface area (Å²) in [7, 11) is 0. The molecule has 2 N–H and O–H groups in total. The summed E-state index contributed by atoms with van der Waals surface area (Å²) in [5.41, 5.74) is -0.263. The molecule has 0 aliphatic rings. The Kier molecular flexibility index (Phi) is 3.57. The molecule has 3 rings (SSSR count). The normalized spacial score (nSPS) is 10.5. The lowest BCUT2D eigenvalue weighted by molar-refractivity contribution is 0.0944. The van der Waals surface area contributed by atoms with Crippen LogP contribution in [-0.2, 0) is 6.54 Å². The highest BCUT2D eigenvalue weighted by Crippen LogP contribution is 2.23. The van der Waals surface area contributed by atoms with E-state index in [1.165, 1.54) is 12.3 Å². The van der Waals surface area contributed by atoms with E-state index in [1.54, 1.807) is 6.07 Å². The molecule has 0 saturated carbocycles. The van der Waals surface area contributed by atoms with Crippen molar-refractivity contribution in [2.45, 2.75) is 6.54 Å². The van der Waals surface area contributed by atoms with Gasteiger partial charge < -0.3 is 14.8 Å². The summed E-state index contributed by atoms with van der Waals surface area (Å²) in [6.45, 7) is 0.235. The molecule has 0 bridgehead atoms. The third-order valence-corrected chi connectivity index (χ3v) is 3.16. The fourth-order valence-corrected chi connectivity index (χ4v) is 2.08. The summed E-state index contributed by atoms with van der Waals surface area (Å²) in [6, 6.07) is 12.3. The quantitative estimate of drug-likeness (QED) is 0.769. The van der Waals surface area contributed by atoms with E-state index in [9.17, 15) is 14.7 Å². The third kappa shape index (κ3) is 2.54. The predicted octanol–water partition coefficient (Wildman–Crippen LogP) is 1.82. The maximum Gasteiger partial charge on any atom is 0.353 e. The molecule has 0 atom stereocenters. The van der Waals surface area contributed by atoms with Crippen LogP contribution in [0.1, 0.15) is 15.9 Å². The lowest BCUT2D eigenvalue weighted by Crippen LogP contribution is -2.28. The minimum Gasteiger partial charge on any atom is -0.505 e. The summed E-state index contributed by atoms with van der Waals surface area (Å²) in [5, 5.41) is 12.7. The van der Waals surface area contributed by atoms with Crippen molar-refractivity contribution in [3.8, 4) is 5.75 Å². The Hall–Kier alpha value is -3.15. The number of nitrogens with one attached hydrogen (secondary N) is 1. The van der Waals surface area contributed by atoms with E-state index in [0.717, 1.165) is 5.56 Å². The van der Waals surface area contributed by atoms with Gasteiger partial charge in [0, 0.05) is 12.7 Å². The molecule has 6 nitrogen and oxygen atoms in total. The zero-order valence-corrected chi connectivity index (χ0v) is 11.4. The largest absolute Gasteiger partial charge is 0.505 e. The minimum absolute atomic E-state index is 0.0759. The first-order valence-corrected chi connectivity index (χ1v) is 6.60. The van der Waals surface area contributed by atoms with Gasteiger partial charge in [0.25, 0.3) is 5.91 Å². The van der Waals surface area contributed by atoms with Crippen molar-refractivity contribution in [1.82, 2.24) is 10.3 Å². The molecule has 1 amide bonds. The monoisotopic (exact) mass is 296 g/mol. The standard InChI is InChI=1S/C16H12N2O4/c19-14-12(15(20)18-9-10-5-2-1-3-6-10)16(21)22-11-7-4-8-17-13(11)14/h1-8,19H,9H2,(H,18,20). The van der Waals surface area contributed by atoms with E-state index in [0.29, 0.717) is 0 Å². The van der Waals surface area contributed by atoms with Gasteiger partial charge in [-0.1, -0.05) is 30.3 Å². The molecular weight excluding hydrogens is 284 g/mol. The van der Waals surface area contributed by atoms with Crippen LogP contribution in [0.2, 0.25) is 0 Å². The van der Waals surface area contributed by atoms with E-state index in [2.05, 4.69) is 10.3 Å². The molecule has 2 heterocycles. The summed E-state index contributed by atoms with van der Waals surface area (Å²) in [6.07, 6.45) is 1.44. The predicted molar refractivity (Wildman–Crippen MR) is 79.6 cm³/mol. The summed E-state index contributed by atoms with van der Waals surface area (Å²) in [5.74, 6) is -1.18. The van der Waals surface area contributed by atoms with Crippen LogP contribution in [0.3, 0.4) is 0 Å². The molecular formula is C16H12N2O4. The molecule has 0 aliphatic heterocycles. The van der Waals surface area contributed by atoms with Crippen molar-refractivity contribution in [2.24, 2.45) is 0 Å². The van der Waals surface area contributed by atoms with Crippen LogP contribution in [-0.4, -0.2) is 16.0 Å². The van der Waals surface area contributed by atoms with Gasteiger partial charge in [0.1, 0.15) is 5.52 Å². The molecule has 110 valence electrons. The van der Waals surface area contributed by atoms with Crippen molar-refractivity contribution in [3.05, 3.63) is 70.2 Å². The van der Waals surface area contributed by atoms with Gasteiger partial charge in [-0.15, -0.1) is 0 Å². The van der Waals surface area contributed by atoms with Crippen LogP contribution in [0.4, 0.5) is 0 Å². The third-order valence-electron chi connectivity index (χ3n) is 3.16. The Morgan fingerprint density at radius 3 is 2.73 bits per heavy atom. The van der Waals surface area contributed by atoms with Crippen molar-refractivity contribution in [2.75, 3.05) is 0 Å². The number of rotatable bonds is 3. The van der Waals surface area contributed by atoms with Crippen LogP contribution in [0.15, 0.2) is 57.9 Å². The molecule has 1 aromatic carbocycles. The zero-order chi connectivity index (χ0) is 15.5. The molecule has 0 fully saturated rings. The number of nitrogens with zero attached hydrogens (tertiary/aromatic N) is 1. The first-order chi connectivity index (χ1) is 10.7. The van der Waals surface area contributed by atoms with Crippen molar-refractivity contribution in [1.29, 1.82) is 0 Å². The smallest absolute Gasteiger partial charge is 0.353 e. The Balaban J connectivity index is 1.92. The van der Waals surface area contributed by atoms with Crippen molar-refractivity contribution in [3.63, 3.8) is 0 Å². The highest BCUT2D eigenvalue weighted by atomic mass is 16.4. The van der Waals surface area contributed by atoms with Crippen LogP contribution >= 0.6 is 0 Å². The van der Waals surface area contributed by atoms with Gasteiger partial charge in [-0.3, -0.25) is 4.79 Å². The number of aromatic hydroxyl groups is 1. The zero-order valence-electron chi connectivity index (χ0n) is 11.4. The highest BCUT2D eigenvalue weighted by molar-refractivity contribution is 6.00. The fraction of sp³-hybridized carbons (Fsp3) is 0.0625. The Morgan fingerprint density at radius 2 is 1.95 bits per heavy atom. The average molecular weight is 296 g/mol. The SMILES string of the molecule is O=C(NCc1ccccc1)c1c(O)c2ncccc2oc1=O. The van der Waals surface area contributed by atoms with E-state index in [4.69, 9.17) is 4.42 Å². The topological polar surface area (TPSA) is 92.4 Å². The second-order valence-corrected chi connectivity index (χ2v) is 4.63. The minimum atomic E-state index is -0.899. The Bertz CT molecular complexity index is 888. The Morgan fingerprint density at radius 1 is 1.18 bits per heavy atom. The van der Waals surface area contributed by atoms with E-state index in [-0.39, 0.29) is 17.6 Å². The van der Waals surface area contributed by atoms with Crippen molar-refractivity contribution >= 4 is 17.0 Å². The van der Waals surface area contributed by atoms with Gasteiger partial charge in [0.15, 0.2) is 16.9 Å². The molecule has 22 heavy (non-hydrogen) atoms. The number of pyridine rings is 1. The van der Waals surface area contributed by atoms with Gasteiger partial charge in [-0.05, 0) is 17.7 Å². The number of aromatic nitrogens is 1. The van der Waals surface area contributed by atoms with Gasteiger partial charge >= 0.3 is 5.63 Å². The van der Waals surface area contributed by atoms with Crippen LogP contribution < -0.4 is 10.9 Å². The first kappa shape index (κ1) is 13.8. The second-order valence-electron chi connectivity index (χ2n) is 4.63. The molecule has 2 aromatic heterocycles. The lowest BCUT2D eigenvalue weighted by atomic mass is 10.2. The number of hydrogen-bond acceptors (Lipinski definition) is 5. The summed E-state index contributed by atoms with van der Waals surface area (Å²) in [4.78, 5) is 28.0. The Labute approximate surface area is 125 Å². The number of fused-ring (bicyclic) bond motifs is 1. The maximum atomic E-state index is 12.1. The van der Waals surface area contributed by atoms with Crippen LogP contribution in [0, 0.1) is 0 Å². The van der Waals surface area contributed by atoms with E-state index >= 15 is 0 Å². The maximum absolute atomic E-state index is 12.1. The van der Waals surface area contributed by atoms with Gasteiger partial charge in [0.05, 0.1) is 0 Å². The average Bonchev–Trinajstić information content (AvgIpc) is 2.54. The first-order valence-electron chi connectivity index (χ1n) is 6.60. The number of carbonyl (C=O) groups excluding carboxylic acids is 1. The summed E-state index contributed by atoms with van der Waals surface area (Å²) < 4.78 is 5.01. The van der Waals surface area contributed by atoms with Crippen LogP contribution in [0.25, 0.3) is 11.1 Å². The van der Waals surface area contributed by atoms with Gasteiger partial charge in [-0.25, -0.2) is 9.78 Å². The molecule has 3 aromatic rings. The fourth-order valence-electron chi connectivity index (χ4n) is 2.08. The van der Waals surface area contributed by atoms with Crippen LogP contribution in [0.5, 0.6) is 5.75 Å². The number of hydrogen-bond donors (Lipinski definition) is 2. The van der Waals surface area contributed by atoms with E-state index < -0.39 is 22.8 Å². The van der Waals surface area contributed by atoms with Gasteiger partial charge in [-0.2, -0.15) is 0 Å². The second kappa shape index (κ2) is 5.69. The number of amides is 1. The highest BCUT2D eigenvalue weighted by Gasteiger charge is 2.21. The number of benzene rings is 1. The molecule has 0 radical (unpaired) electrons. The molecule has 0 aliphatic carbocycles. The molecule has 0 saturated heterocycles.